The van der Waals surface area contributed by atoms with Crippen molar-refractivity contribution in [3.05, 3.63) is 51.9 Å². The highest BCUT2D eigenvalue weighted by Crippen LogP contribution is 2.30. The molecule has 0 bridgehead atoms. The Balaban J connectivity index is 1.84. The van der Waals surface area contributed by atoms with Gasteiger partial charge in [0.05, 0.1) is 12.7 Å². The maximum Gasteiger partial charge on any atom is 0.252 e. The van der Waals surface area contributed by atoms with E-state index in [0.717, 1.165) is 10.4 Å². The minimum Gasteiger partial charge on any atom is -0.371 e. The van der Waals surface area contributed by atoms with Crippen LogP contribution in [0, 0.1) is 6.92 Å². The van der Waals surface area contributed by atoms with E-state index in [1.54, 1.807) is 12.1 Å². The minimum absolute atomic E-state index is 0.289. The summed E-state index contributed by atoms with van der Waals surface area (Å²) in [6.45, 7) is 2.95. The average Bonchev–Trinajstić information content (AvgIpc) is 2.95. The summed E-state index contributed by atoms with van der Waals surface area (Å²) in [6.07, 6.45) is -0.289. The number of morpholine rings is 1. The predicted octanol–water partition coefficient (Wildman–Crippen LogP) is 3.47. The van der Waals surface area contributed by atoms with Gasteiger partial charge in [0.1, 0.15) is 4.21 Å². The summed E-state index contributed by atoms with van der Waals surface area (Å²) in [7, 11) is -3.45. The first-order valence-corrected chi connectivity index (χ1v) is 9.54. The van der Waals surface area contributed by atoms with Gasteiger partial charge in [0.25, 0.3) is 10.0 Å². The normalized spacial score (nSPS) is 20.2. The first-order chi connectivity index (χ1) is 10.5. The third kappa shape index (κ3) is 3.21. The maximum atomic E-state index is 12.7. The van der Waals surface area contributed by atoms with Crippen LogP contribution in [0.3, 0.4) is 0 Å². The van der Waals surface area contributed by atoms with Crippen LogP contribution in [-0.4, -0.2) is 32.4 Å². The van der Waals surface area contributed by atoms with Crippen LogP contribution in [-0.2, 0) is 14.8 Å². The van der Waals surface area contributed by atoms with Crippen LogP contribution < -0.4 is 0 Å². The van der Waals surface area contributed by atoms with Crippen LogP contribution in [0.1, 0.15) is 16.5 Å². The van der Waals surface area contributed by atoms with E-state index in [0.29, 0.717) is 28.9 Å². The molecule has 0 aliphatic carbocycles. The number of ether oxygens (including phenoxy) is 1. The molecule has 4 nitrogen and oxygen atoms in total. The third-order valence-corrected chi connectivity index (χ3v) is 7.13. The lowest BCUT2D eigenvalue weighted by atomic mass is 10.1. The van der Waals surface area contributed by atoms with Gasteiger partial charge in [-0.1, -0.05) is 23.7 Å². The van der Waals surface area contributed by atoms with Gasteiger partial charge in [-0.15, -0.1) is 11.3 Å². The minimum atomic E-state index is -3.45. The molecule has 2 heterocycles. The highest BCUT2D eigenvalue weighted by molar-refractivity contribution is 7.91. The zero-order chi connectivity index (χ0) is 15.7. The summed E-state index contributed by atoms with van der Waals surface area (Å²) in [5, 5.41) is 0.620. The first kappa shape index (κ1) is 16.0. The van der Waals surface area contributed by atoms with E-state index in [1.165, 1.54) is 15.6 Å². The smallest absolute Gasteiger partial charge is 0.252 e. The Labute approximate surface area is 139 Å². The van der Waals surface area contributed by atoms with E-state index in [4.69, 9.17) is 16.3 Å². The van der Waals surface area contributed by atoms with E-state index in [1.807, 2.05) is 31.2 Å². The van der Waals surface area contributed by atoms with Crippen molar-refractivity contribution in [1.29, 1.82) is 0 Å². The molecule has 1 unspecified atom stereocenters. The number of rotatable bonds is 3. The zero-order valence-electron chi connectivity index (χ0n) is 12.0. The highest BCUT2D eigenvalue weighted by atomic mass is 35.5. The summed E-state index contributed by atoms with van der Waals surface area (Å²) in [6, 6.07) is 10.8. The summed E-state index contributed by atoms with van der Waals surface area (Å²) < 4.78 is 33.0. The number of nitrogens with zero attached hydrogens (tertiary/aromatic N) is 1. The van der Waals surface area contributed by atoms with Crippen molar-refractivity contribution in [1.82, 2.24) is 4.31 Å². The van der Waals surface area contributed by atoms with Gasteiger partial charge in [0, 0.05) is 23.0 Å². The molecule has 0 saturated carbocycles. The highest BCUT2D eigenvalue weighted by Gasteiger charge is 2.32. The monoisotopic (exact) mass is 357 g/mol. The lowest BCUT2D eigenvalue weighted by Crippen LogP contribution is -2.41. The molecule has 1 fully saturated rings. The van der Waals surface area contributed by atoms with Crippen LogP contribution in [0.25, 0.3) is 0 Å². The summed E-state index contributed by atoms with van der Waals surface area (Å²) in [5.74, 6) is 0. The molecule has 1 aliphatic heterocycles. The first-order valence-electron chi connectivity index (χ1n) is 6.90. The number of hydrogen-bond acceptors (Lipinski definition) is 4. The summed E-state index contributed by atoms with van der Waals surface area (Å²) in [4.78, 5) is 0.984. The lowest BCUT2D eigenvalue weighted by Gasteiger charge is -2.32. The second-order valence-corrected chi connectivity index (χ2v) is 9.03. The standard InChI is InChI=1S/C15H16ClNO3S2/c1-11-5-6-15(21-11)22(18,19)17-7-8-20-14(10-17)12-3-2-4-13(16)9-12/h2-6,9,14H,7-8,10H2,1H3. The Morgan fingerprint density at radius 3 is 2.82 bits per heavy atom. The topological polar surface area (TPSA) is 46.6 Å². The molecule has 0 N–H and O–H groups in total. The largest absolute Gasteiger partial charge is 0.371 e. The molecule has 7 heteroatoms. The van der Waals surface area contributed by atoms with Gasteiger partial charge in [0.2, 0.25) is 0 Å². The molecule has 1 atom stereocenters. The van der Waals surface area contributed by atoms with E-state index >= 15 is 0 Å². The van der Waals surface area contributed by atoms with E-state index in [9.17, 15) is 8.42 Å². The Bertz CT molecular complexity index is 773. The molecule has 1 aromatic carbocycles. The van der Waals surface area contributed by atoms with E-state index in [2.05, 4.69) is 0 Å². The maximum absolute atomic E-state index is 12.7. The van der Waals surface area contributed by atoms with Gasteiger partial charge in [-0.2, -0.15) is 4.31 Å². The van der Waals surface area contributed by atoms with Crippen LogP contribution in [0.15, 0.2) is 40.6 Å². The molecule has 0 amide bonds. The quantitative estimate of drug-likeness (QED) is 0.845. The second-order valence-electron chi connectivity index (χ2n) is 5.14. The Morgan fingerprint density at radius 2 is 2.14 bits per heavy atom. The number of sulfonamides is 1. The van der Waals surface area contributed by atoms with E-state index < -0.39 is 10.0 Å². The van der Waals surface area contributed by atoms with Crippen molar-refractivity contribution >= 4 is 33.0 Å². The molecule has 118 valence electrons. The fraction of sp³-hybridized carbons (Fsp3) is 0.333. The molecule has 22 heavy (non-hydrogen) atoms. The van der Waals surface area contributed by atoms with Gasteiger partial charge in [-0.05, 0) is 36.8 Å². The van der Waals surface area contributed by atoms with Crippen molar-refractivity contribution < 1.29 is 13.2 Å². The van der Waals surface area contributed by atoms with Crippen molar-refractivity contribution in [2.45, 2.75) is 17.2 Å². The lowest BCUT2D eigenvalue weighted by molar-refractivity contribution is -0.00249. The molecule has 2 aromatic rings. The zero-order valence-corrected chi connectivity index (χ0v) is 14.4. The number of hydrogen-bond donors (Lipinski definition) is 0. The summed E-state index contributed by atoms with van der Waals surface area (Å²) >= 11 is 7.30. The van der Waals surface area contributed by atoms with Crippen LogP contribution >= 0.6 is 22.9 Å². The molecular weight excluding hydrogens is 342 g/mol. The van der Waals surface area contributed by atoms with Crippen molar-refractivity contribution in [2.24, 2.45) is 0 Å². The third-order valence-electron chi connectivity index (χ3n) is 3.56. The number of halogens is 1. The van der Waals surface area contributed by atoms with Crippen molar-refractivity contribution in [2.75, 3.05) is 19.7 Å². The van der Waals surface area contributed by atoms with Crippen LogP contribution in [0.2, 0.25) is 5.02 Å². The fourth-order valence-electron chi connectivity index (χ4n) is 2.43. The number of aryl methyl sites for hydroxylation is 1. The second kappa shape index (κ2) is 6.29. The predicted molar refractivity (Wildman–Crippen MR) is 88.0 cm³/mol. The van der Waals surface area contributed by atoms with Crippen molar-refractivity contribution in [3.8, 4) is 0 Å². The SMILES string of the molecule is Cc1ccc(S(=O)(=O)N2CCOC(c3cccc(Cl)c3)C2)s1. The molecule has 1 aromatic heterocycles. The average molecular weight is 358 g/mol. The molecule has 1 aliphatic rings. The van der Waals surface area contributed by atoms with Gasteiger partial charge < -0.3 is 4.74 Å². The van der Waals surface area contributed by atoms with Gasteiger partial charge in [-0.25, -0.2) is 8.42 Å². The fourth-order valence-corrected chi connectivity index (χ4v) is 5.49. The van der Waals surface area contributed by atoms with E-state index in [-0.39, 0.29) is 6.10 Å². The number of thiophene rings is 1. The molecule has 3 rings (SSSR count). The van der Waals surface area contributed by atoms with Crippen LogP contribution in [0.5, 0.6) is 0 Å². The molecular formula is C15H16ClNO3S2. The number of benzene rings is 1. The van der Waals surface area contributed by atoms with Crippen LogP contribution in [0.4, 0.5) is 0 Å². The Kier molecular flexibility index (Phi) is 4.56. The summed E-state index contributed by atoms with van der Waals surface area (Å²) in [5.41, 5.74) is 0.898. The van der Waals surface area contributed by atoms with Crippen molar-refractivity contribution in [3.63, 3.8) is 0 Å². The molecule has 1 saturated heterocycles. The van der Waals surface area contributed by atoms with Gasteiger partial charge in [0.15, 0.2) is 0 Å². The van der Waals surface area contributed by atoms with Gasteiger partial charge in [-0.3, -0.25) is 0 Å². The Hall–Kier alpha value is -0.920. The van der Waals surface area contributed by atoms with Gasteiger partial charge >= 0.3 is 0 Å². The molecule has 0 spiro atoms. The molecule has 0 radical (unpaired) electrons. The Morgan fingerprint density at radius 1 is 1.32 bits per heavy atom.